The molecule has 0 aliphatic rings. The molecule has 108 valence electrons. The number of rotatable bonds is 8. The van der Waals surface area contributed by atoms with Gasteiger partial charge in [-0.15, -0.1) is 0 Å². The Morgan fingerprint density at radius 1 is 1.21 bits per heavy atom. The van der Waals surface area contributed by atoms with Gasteiger partial charge in [-0.25, -0.2) is 0 Å². The van der Waals surface area contributed by atoms with Crippen LogP contribution >= 0.6 is 0 Å². The van der Waals surface area contributed by atoms with Crippen molar-refractivity contribution in [2.75, 3.05) is 0 Å². The summed E-state index contributed by atoms with van der Waals surface area (Å²) >= 11 is 0. The molecule has 0 saturated carbocycles. The molecule has 0 saturated heterocycles. The highest BCUT2D eigenvalue weighted by atomic mass is 15.2. The number of aryl methyl sites for hydroxylation is 1. The molecule has 2 atom stereocenters. The first-order chi connectivity index (χ1) is 9.13. The smallest absolute Gasteiger partial charge is 0.0465 e. The van der Waals surface area contributed by atoms with Crippen molar-refractivity contribution in [1.82, 2.24) is 5.43 Å². The molecule has 2 unspecified atom stereocenters. The lowest BCUT2D eigenvalue weighted by Crippen LogP contribution is -2.30. The van der Waals surface area contributed by atoms with Gasteiger partial charge in [-0.05, 0) is 42.9 Å². The summed E-state index contributed by atoms with van der Waals surface area (Å²) in [7, 11) is 0. The van der Waals surface area contributed by atoms with Crippen LogP contribution in [-0.2, 0) is 0 Å². The van der Waals surface area contributed by atoms with E-state index < -0.39 is 0 Å². The van der Waals surface area contributed by atoms with Crippen LogP contribution in [0.1, 0.15) is 68.7 Å². The Morgan fingerprint density at radius 2 is 1.95 bits per heavy atom. The summed E-state index contributed by atoms with van der Waals surface area (Å²) in [5, 5.41) is 0. The fraction of sp³-hybridized carbons (Fsp3) is 0.647. The van der Waals surface area contributed by atoms with Gasteiger partial charge in [0, 0.05) is 6.04 Å². The second-order valence-corrected chi connectivity index (χ2v) is 5.66. The van der Waals surface area contributed by atoms with Crippen molar-refractivity contribution in [3.63, 3.8) is 0 Å². The van der Waals surface area contributed by atoms with Crippen molar-refractivity contribution in [1.29, 1.82) is 0 Å². The number of benzene rings is 1. The summed E-state index contributed by atoms with van der Waals surface area (Å²) in [6.45, 7) is 8.91. The van der Waals surface area contributed by atoms with E-state index in [1.807, 2.05) is 0 Å². The van der Waals surface area contributed by atoms with E-state index >= 15 is 0 Å². The predicted octanol–water partition coefficient (Wildman–Crippen LogP) is 4.41. The Morgan fingerprint density at radius 3 is 2.53 bits per heavy atom. The van der Waals surface area contributed by atoms with Gasteiger partial charge in [0.1, 0.15) is 0 Å². The normalized spacial score (nSPS) is 14.4. The van der Waals surface area contributed by atoms with Gasteiger partial charge in [0.2, 0.25) is 0 Å². The Kier molecular flexibility index (Phi) is 7.11. The van der Waals surface area contributed by atoms with Crippen LogP contribution in [0.15, 0.2) is 18.2 Å². The summed E-state index contributed by atoms with van der Waals surface area (Å²) in [5.41, 5.74) is 7.10. The topological polar surface area (TPSA) is 38.0 Å². The van der Waals surface area contributed by atoms with Gasteiger partial charge in [0.25, 0.3) is 0 Å². The Balaban J connectivity index is 2.79. The molecule has 1 aromatic carbocycles. The molecule has 3 N–H and O–H groups in total. The molecular formula is C17H30N2. The van der Waals surface area contributed by atoms with Crippen molar-refractivity contribution in [3.8, 4) is 0 Å². The summed E-state index contributed by atoms with van der Waals surface area (Å²) in [4.78, 5) is 0. The number of unbranched alkanes of at least 4 members (excludes halogenated alkanes) is 1. The molecule has 19 heavy (non-hydrogen) atoms. The van der Waals surface area contributed by atoms with E-state index in [9.17, 15) is 0 Å². The maximum Gasteiger partial charge on any atom is 0.0465 e. The molecule has 0 aromatic heterocycles. The number of hydrogen-bond acceptors (Lipinski definition) is 2. The fourth-order valence-electron chi connectivity index (χ4n) is 2.75. The van der Waals surface area contributed by atoms with Crippen molar-refractivity contribution in [2.45, 2.75) is 65.8 Å². The van der Waals surface area contributed by atoms with Gasteiger partial charge >= 0.3 is 0 Å². The first-order valence-electron chi connectivity index (χ1n) is 7.66. The largest absolute Gasteiger partial charge is 0.271 e. The zero-order valence-corrected chi connectivity index (χ0v) is 13.0. The Bertz CT molecular complexity index is 374. The van der Waals surface area contributed by atoms with Crippen LogP contribution in [0.5, 0.6) is 0 Å². The third kappa shape index (κ3) is 4.63. The second kappa shape index (κ2) is 8.34. The maximum atomic E-state index is 5.81. The molecule has 2 nitrogen and oxygen atoms in total. The van der Waals surface area contributed by atoms with E-state index in [0.29, 0.717) is 0 Å². The van der Waals surface area contributed by atoms with Crippen molar-refractivity contribution >= 4 is 0 Å². The van der Waals surface area contributed by atoms with Gasteiger partial charge < -0.3 is 0 Å². The van der Waals surface area contributed by atoms with Gasteiger partial charge in [0.05, 0.1) is 0 Å². The lowest BCUT2D eigenvalue weighted by Gasteiger charge is -2.24. The molecule has 0 spiro atoms. The van der Waals surface area contributed by atoms with Crippen LogP contribution < -0.4 is 11.3 Å². The molecule has 0 bridgehead atoms. The van der Waals surface area contributed by atoms with E-state index in [0.717, 1.165) is 12.3 Å². The van der Waals surface area contributed by atoms with E-state index in [-0.39, 0.29) is 6.04 Å². The number of nitrogens with one attached hydrogen (secondary N) is 1. The molecule has 1 rings (SSSR count). The van der Waals surface area contributed by atoms with Crippen LogP contribution in [0.25, 0.3) is 0 Å². The highest BCUT2D eigenvalue weighted by Gasteiger charge is 2.17. The quantitative estimate of drug-likeness (QED) is 0.538. The standard InChI is InChI=1S/C17H30N2/c1-5-7-10-15(6-2)12-17(19-18)16-11-8-9-13(3)14(16)4/h8-9,11,15,17,19H,5-7,10,12,18H2,1-4H3. The third-order valence-corrected chi connectivity index (χ3v) is 4.34. The zero-order chi connectivity index (χ0) is 14.3. The van der Waals surface area contributed by atoms with E-state index in [2.05, 4.69) is 51.3 Å². The lowest BCUT2D eigenvalue weighted by atomic mass is 9.87. The molecule has 0 aliphatic heterocycles. The van der Waals surface area contributed by atoms with Crippen LogP contribution in [0.4, 0.5) is 0 Å². The van der Waals surface area contributed by atoms with Gasteiger partial charge in [-0.1, -0.05) is 57.7 Å². The molecule has 0 amide bonds. The van der Waals surface area contributed by atoms with Gasteiger partial charge in [0.15, 0.2) is 0 Å². The summed E-state index contributed by atoms with van der Waals surface area (Å²) < 4.78 is 0. The SMILES string of the molecule is CCCCC(CC)CC(NN)c1cccc(C)c1C. The second-order valence-electron chi connectivity index (χ2n) is 5.66. The third-order valence-electron chi connectivity index (χ3n) is 4.34. The molecule has 0 aliphatic carbocycles. The number of hydrogen-bond donors (Lipinski definition) is 2. The fourth-order valence-corrected chi connectivity index (χ4v) is 2.75. The number of nitrogens with two attached hydrogens (primary N) is 1. The van der Waals surface area contributed by atoms with Gasteiger partial charge in [-0.2, -0.15) is 0 Å². The van der Waals surface area contributed by atoms with Crippen LogP contribution in [0, 0.1) is 19.8 Å². The van der Waals surface area contributed by atoms with Crippen molar-refractivity contribution in [3.05, 3.63) is 34.9 Å². The molecule has 1 aromatic rings. The minimum Gasteiger partial charge on any atom is -0.271 e. The highest BCUT2D eigenvalue weighted by Crippen LogP contribution is 2.28. The van der Waals surface area contributed by atoms with Crippen LogP contribution in [0.3, 0.4) is 0 Å². The first-order valence-corrected chi connectivity index (χ1v) is 7.66. The molecule has 0 heterocycles. The van der Waals surface area contributed by atoms with Crippen molar-refractivity contribution in [2.24, 2.45) is 11.8 Å². The van der Waals surface area contributed by atoms with Crippen molar-refractivity contribution < 1.29 is 0 Å². The minimum atomic E-state index is 0.279. The Labute approximate surface area is 118 Å². The van der Waals surface area contributed by atoms with E-state index in [1.54, 1.807) is 0 Å². The molecule has 0 fully saturated rings. The summed E-state index contributed by atoms with van der Waals surface area (Å²) in [6.07, 6.45) is 6.29. The Hall–Kier alpha value is -0.860. The van der Waals surface area contributed by atoms with E-state index in [4.69, 9.17) is 5.84 Å². The van der Waals surface area contributed by atoms with Gasteiger partial charge in [-0.3, -0.25) is 11.3 Å². The minimum absolute atomic E-state index is 0.279. The average Bonchev–Trinajstić information content (AvgIpc) is 2.43. The zero-order valence-electron chi connectivity index (χ0n) is 13.0. The number of hydrazine groups is 1. The lowest BCUT2D eigenvalue weighted by molar-refractivity contribution is 0.355. The summed E-state index contributed by atoms with van der Waals surface area (Å²) in [6, 6.07) is 6.79. The molecular weight excluding hydrogens is 232 g/mol. The molecule has 0 radical (unpaired) electrons. The van der Waals surface area contributed by atoms with Crippen LogP contribution in [0.2, 0.25) is 0 Å². The monoisotopic (exact) mass is 262 g/mol. The van der Waals surface area contributed by atoms with Crippen LogP contribution in [-0.4, -0.2) is 0 Å². The predicted molar refractivity (Wildman–Crippen MR) is 83.9 cm³/mol. The molecule has 2 heteroatoms. The first kappa shape index (κ1) is 16.2. The maximum absolute atomic E-state index is 5.81. The average molecular weight is 262 g/mol. The van der Waals surface area contributed by atoms with E-state index in [1.165, 1.54) is 42.4 Å². The summed E-state index contributed by atoms with van der Waals surface area (Å²) in [5.74, 6) is 6.57. The highest BCUT2D eigenvalue weighted by molar-refractivity contribution is 5.35.